The molecule has 2 aliphatic heterocycles. The Balaban J connectivity index is 1.29. The largest absolute Gasteiger partial charge is 0.457 e. The van der Waals surface area contributed by atoms with Crippen molar-refractivity contribution in [1.82, 2.24) is 20.1 Å². The first-order valence-corrected chi connectivity index (χ1v) is 9.94. The summed E-state index contributed by atoms with van der Waals surface area (Å²) < 4.78 is 17.0. The fraction of sp³-hybridized carbons (Fsp3) is 0.318. The zero-order chi connectivity index (χ0) is 21.4. The van der Waals surface area contributed by atoms with Gasteiger partial charge in [0.25, 0.3) is 5.89 Å². The Morgan fingerprint density at radius 2 is 2.16 bits per heavy atom. The van der Waals surface area contributed by atoms with E-state index in [1.807, 2.05) is 25.1 Å². The highest BCUT2D eigenvalue weighted by atomic mass is 16.5. The Bertz CT molecular complexity index is 1180. The van der Waals surface area contributed by atoms with Crippen molar-refractivity contribution < 1.29 is 18.7 Å². The number of rotatable bonds is 4. The third-order valence-electron chi connectivity index (χ3n) is 5.64. The van der Waals surface area contributed by atoms with Crippen LogP contribution in [0.5, 0.6) is 0 Å². The molecule has 3 aromatic rings. The molecule has 1 unspecified atom stereocenters. The lowest BCUT2D eigenvalue weighted by Gasteiger charge is -2.33. The van der Waals surface area contributed by atoms with E-state index in [0.717, 1.165) is 23.2 Å². The second kappa shape index (κ2) is 7.91. The fourth-order valence-electron chi connectivity index (χ4n) is 3.95. The molecule has 2 aliphatic rings. The number of hydrogen-bond donors (Lipinski definition) is 0. The van der Waals surface area contributed by atoms with E-state index < -0.39 is 0 Å². The molecule has 2 aromatic heterocycles. The van der Waals surface area contributed by atoms with E-state index in [2.05, 4.69) is 20.1 Å². The van der Waals surface area contributed by atoms with Crippen LogP contribution >= 0.6 is 0 Å². The van der Waals surface area contributed by atoms with E-state index in [-0.39, 0.29) is 12.1 Å². The van der Waals surface area contributed by atoms with Crippen LogP contribution in [0.25, 0.3) is 11.6 Å². The molecule has 1 aromatic carbocycles. The fourth-order valence-corrected chi connectivity index (χ4v) is 3.95. The summed E-state index contributed by atoms with van der Waals surface area (Å²) in [7, 11) is 0. The van der Waals surface area contributed by atoms with Gasteiger partial charge in [0.2, 0.25) is 5.89 Å². The number of carbonyl (C=O) groups excluding carboxylic acids is 1. The maximum absolute atomic E-state index is 11.8. The minimum absolute atomic E-state index is 0.114. The second-order valence-electron chi connectivity index (χ2n) is 7.52. The number of pyridine rings is 1. The van der Waals surface area contributed by atoms with E-state index in [4.69, 9.17) is 19.2 Å². The van der Waals surface area contributed by atoms with Crippen molar-refractivity contribution >= 4 is 5.97 Å². The summed E-state index contributed by atoms with van der Waals surface area (Å²) in [6.07, 6.45) is 1.36. The third kappa shape index (κ3) is 3.67. The van der Waals surface area contributed by atoms with Gasteiger partial charge in [-0.15, -0.1) is 10.2 Å². The van der Waals surface area contributed by atoms with Gasteiger partial charge in [-0.25, -0.2) is 9.78 Å². The number of ether oxygens (including phenoxy) is 2. The maximum Gasteiger partial charge on any atom is 0.338 e. The number of morpholine rings is 1. The smallest absolute Gasteiger partial charge is 0.338 e. The molecule has 9 nitrogen and oxygen atoms in total. The molecule has 9 heteroatoms. The third-order valence-corrected chi connectivity index (χ3v) is 5.64. The lowest BCUT2D eigenvalue weighted by molar-refractivity contribution is -0.0354. The second-order valence-corrected chi connectivity index (χ2v) is 7.52. The molecule has 156 valence electrons. The number of esters is 1. The predicted molar refractivity (Wildman–Crippen MR) is 107 cm³/mol. The minimum atomic E-state index is -0.264. The number of aromatic nitrogens is 3. The van der Waals surface area contributed by atoms with E-state index in [1.165, 1.54) is 6.20 Å². The van der Waals surface area contributed by atoms with Crippen LogP contribution in [0.3, 0.4) is 0 Å². The normalized spacial score (nSPS) is 18.5. The Kier molecular flexibility index (Phi) is 4.94. The van der Waals surface area contributed by atoms with E-state index >= 15 is 0 Å². The van der Waals surface area contributed by atoms with Crippen molar-refractivity contribution in [1.29, 1.82) is 5.26 Å². The molecule has 0 radical (unpaired) electrons. The van der Waals surface area contributed by atoms with Crippen molar-refractivity contribution in [3.63, 3.8) is 0 Å². The number of nitrogens with zero attached hydrogens (tertiary/aromatic N) is 5. The molecule has 1 atom stereocenters. The molecule has 0 saturated carbocycles. The van der Waals surface area contributed by atoms with Gasteiger partial charge in [0.05, 0.1) is 30.4 Å². The van der Waals surface area contributed by atoms with Gasteiger partial charge >= 0.3 is 5.97 Å². The van der Waals surface area contributed by atoms with Crippen LogP contribution in [0, 0.1) is 18.3 Å². The van der Waals surface area contributed by atoms with Gasteiger partial charge in [-0.1, -0.05) is 6.07 Å². The lowest BCUT2D eigenvalue weighted by atomic mass is 9.94. The number of hydrogen-bond acceptors (Lipinski definition) is 9. The van der Waals surface area contributed by atoms with Crippen molar-refractivity contribution in [3.8, 4) is 17.7 Å². The summed E-state index contributed by atoms with van der Waals surface area (Å²) in [5.41, 5.74) is 4.70. The van der Waals surface area contributed by atoms with Crippen LogP contribution in [-0.4, -0.2) is 45.7 Å². The topological polar surface area (TPSA) is 114 Å². The standard InChI is InChI=1S/C22H19N5O4/c1-13-15(3-4-16-17(13)12-30-22(16)28)19-10-27(6-7-29-19)11-20-25-26-21(31-20)18-5-2-14(8-23)9-24-18/h2-5,9,19H,6-7,10-12H2,1H3. The Hall–Kier alpha value is -3.61. The number of fused-ring (bicyclic) bond motifs is 1. The number of cyclic esters (lactones) is 1. The van der Waals surface area contributed by atoms with Gasteiger partial charge in [-0.2, -0.15) is 5.26 Å². The van der Waals surface area contributed by atoms with Gasteiger partial charge in [-0.3, -0.25) is 4.90 Å². The van der Waals surface area contributed by atoms with Crippen molar-refractivity contribution in [2.75, 3.05) is 19.7 Å². The van der Waals surface area contributed by atoms with Gasteiger partial charge in [0.15, 0.2) is 0 Å². The van der Waals surface area contributed by atoms with Gasteiger partial charge in [0.1, 0.15) is 18.4 Å². The molecule has 31 heavy (non-hydrogen) atoms. The molecular weight excluding hydrogens is 398 g/mol. The Morgan fingerprint density at radius 3 is 2.97 bits per heavy atom. The quantitative estimate of drug-likeness (QED) is 0.591. The highest BCUT2D eigenvalue weighted by Crippen LogP contribution is 2.32. The average molecular weight is 417 g/mol. The van der Waals surface area contributed by atoms with E-state index in [0.29, 0.717) is 54.9 Å². The highest BCUT2D eigenvalue weighted by molar-refractivity contribution is 5.93. The molecule has 0 spiro atoms. The summed E-state index contributed by atoms with van der Waals surface area (Å²) >= 11 is 0. The maximum atomic E-state index is 11.8. The molecule has 5 rings (SSSR count). The SMILES string of the molecule is Cc1c(C2CN(Cc3nnc(-c4ccc(C#N)cn4)o3)CCO2)ccc2c1COC2=O. The number of benzene rings is 1. The van der Waals surface area contributed by atoms with Gasteiger partial charge in [0, 0.05) is 24.8 Å². The first kappa shape index (κ1) is 19.4. The van der Waals surface area contributed by atoms with Crippen LogP contribution in [0.4, 0.5) is 0 Å². The summed E-state index contributed by atoms with van der Waals surface area (Å²) in [5.74, 6) is 0.551. The minimum Gasteiger partial charge on any atom is -0.457 e. The number of carbonyl (C=O) groups is 1. The summed E-state index contributed by atoms with van der Waals surface area (Å²) in [6, 6.07) is 9.16. The zero-order valence-corrected chi connectivity index (χ0v) is 16.9. The molecular formula is C22H19N5O4. The molecule has 0 amide bonds. The van der Waals surface area contributed by atoms with Crippen LogP contribution in [0.1, 0.15) is 44.6 Å². The highest BCUT2D eigenvalue weighted by Gasteiger charge is 2.29. The van der Waals surface area contributed by atoms with E-state index in [1.54, 1.807) is 12.1 Å². The monoisotopic (exact) mass is 417 g/mol. The van der Waals surface area contributed by atoms with Crippen LogP contribution < -0.4 is 0 Å². The van der Waals surface area contributed by atoms with Crippen LogP contribution in [0.15, 0.2) is 34.9 Å². The van der Waals surface area contributed by atoms with Crippen molar-refractivity contribution in [3.05, 3.63) is 64.2 Å². The molecule has 0 aliphatic carbocycles. The summed E-state index contributed by atoms with van der Waals surface area (Å²) in [6.45, 7) is 4.81. The predicted octanol–water partition coefficient (Wildman–Crippen LogP) is 2.56. The summed E-state index contributed by atoms with van der Waals surface area (Å²) in [5, 5.41) is 17.1. The lowest BCUT2D eigenvalue weighted by Crippen LogP contribution is -2.38. The van der Waals surface area contributed by atoms with Crippen molar-refractivity contribution in [2.45, 2.75) is 26.2 Å². The Labute approximate surface area is 178 Å². The summed E-state index contributed by atoms with van der Waals surface area (Å²) in [4.78, 5) is 18.2. The molecule has 0 N–H and O–H groups in total. The molecule has 0 bridgehead atoms. The Morgan fingerprint density at radius 1 is 1.26 bits per heavy atom. The first-order chi connectivity index (χ1) is 15.1. The van der Waals surface area contributed by atoms with Gasteiger partial charge in [-0.05, 0) is 36.2 Å². The van der Waals surface area contributed by atoms with E-state index in [9.17, 15) is 4.79 Å². The van der Waals surface area contributed by atoms with Crippen molar-refractivity contribution in [2.24, 2.45) is 0 Å². The van der Waals surface area contributed by atoms with Crippen LogP contribution in [0.2, 0.25) is 0 Å². The molecule has 4 heterocycles. The zero-order valence-electron chi connectivity index (χ0n) is 16.9. The average Bonchev–Trinajstić information content (AvgIpc) is 3.42. The van der Waals surface area contributed by atoms with Crippen LogP contribution in [-0.2, 0) is 22.6 Å². The molecule has 1 saturated heterocycles. The van der Waals surface area contributed by atoms with Gasteiger partial charge < -0.3 is 13.9 Å². The first-order valence-electron chi connectivity index (χ1n) is 9.94. The molecule has 1 fully saturated rings. The number of nitriles is 1.